The van der Waals surface area contributed by atoms with Gasteiger partial charge in [0.05, 0.1) is 28.8 Å². The van der Waals surface area contributed by atoms with Gasteiger partial charge < -0.3 is 0 Å². The molecule has 64 valence electrons. The van der Waals surface area contributed by atoms with Gasteiger partial charge in [0, 0.05) is 9.83 Å². The maximum atomic E-state index is 11.2. The van der Waals surface area contributed by atoms with E-state index >= 15 is 0 Å². The van der Waals surface area contributed by atoms with Crippen LogP contribution in [0.2, 0.25) is 0 Å². The van der Waals surface area contributed by atoms with Crippen molar-refractivity contribution in [2.45, 2.75) is 0 Å². The van der Waals surface area contributed by atoms with Crippen molar-refractivity contribution < 1.29 is 17.0 Å². The average Bonchev–Trinajstić information content (AvgIpc) is 2.03. The smallest absolute Gasteiger partial charge is 0.281 e. The minimum Gasteiger partial charge on any atom is -0.281 e. The van der Waals surface area contributed by atoms with Crippen molar-refractivity contribution in [2.75, 3.05) is 6.61 Å². The Morgan fingerprint density at radius 3 is 2.73 bits per heavy atom. The van der Waals surface area contributed by atoms with Gasteiger partial charge in [-0.15, -0.1) is 6.58 Å². The van der Waals surface area contributed by atoms with Crippen LogP contribution >= 0.6 is 39.8 Å². The zero-order valence-corrected chi connectivity index (χ0v) is 8.64. The lowest BCUT2D eigenvalue weighted by Crippen LogP contribution is -1.93. The zero-order valence-electron chi connectivity index (χ0n) is 5.30. The first-order valence-electron chi connectivity index (χ1n) is 2.50. The molecule has 0 aliphatic carbocycles. The van der Waals surface area contributed by atoms with Gasteiger partial charge in [-0.25, -0.2) is 12.5 Å². The van der Waals surface area contributed by atoms with E-state index in [-0.39, 0.29) is 6.61 Å². The molecule has 1 aliphatic heterocycles. The summed E-state index contributed by atoms with van der Waals surface area (Å²) in [5.74, 6) is 0. The van der Waals surface area contributed by atoms with E-state index in [9.17, 15) is 4.57 Å². The highest BCUT2D eigenvalue weighted by atomic mass is 33.5. The van der Waals surface area contributed by atoms with Gasteiger partial charge in [-0.2, -0.15) is 0 Å². The van der Waals surface area contributed by atoms with Crippen LogP contribution in [-0.4, -0.2) is 6.61 Å². The molecule has 0 aromatic carbocycles. The van der Waals surface area contributed by atoms with Crippen LogP contribution < -0.4 is 0 Å². The first-order valence-corrected chi connectivity index (χ1v) is 7.30. The Bertz CT molecular complexity index is 175. The molecule has 1 saturated heterocycles. The molecule has 0 aromatic heterocycles. The van der Waals surface area contributed by atoms with Crippen molar-refractivity contribution in [1.82, 2.24) is 0 Å². The summed E-state index contributed by atoms with van der Waals surface area (Å²) < 4.78 is 25.4. The maximum Gasteiger partial charge on any atom is 0.499 e. The van der Waals surface area contributed by atoms with Gasteiger partial charge in [-0.1, -0.05) is 6.08 Å². The zero-order chi connectivity index (χ0) is 8.16. The Labute approximate surface area is 76.3 Å². The SMILES string of the molecule is C=CCOP1(=O)OSSSO1. The summed E-state index contributed by atoms with van der Waals surface area (Å²) >= 11 is 1.97. The van der Waals surface area contributed by atoms with Crippen LogP contribution in [0.3, 0.4) is 0 Å². The van der Waals surface area contributed by atoms with E-state index in [2.05, 4.69) is 14.5 Å². The van der Waals surface area contributed by atoms with Crippen molar-refractivity contribution in [3.63, 3.8) is 0 Å². The normalized spacial score (nSPS) is 22.9. The molecule has 0 bridgehead atoms. The molecule has 0 atom stereocenters. The van der Waals surface area contributed by atoms with Crippen molar-refractivity contribution >= 4 is 39.8 Å². The molecule has 0 radical (unpaired) electrons. The third-order valence-corrected chi connectivity index (χ3v) is 5.60. The van der Waals surface area contributed by atoms with E-state index in [4.69, 9.17) is 4.52 Å². The fourth-order valence-electron chi connectivity index (χ4n) is 0.310. The van der Waals surface area contributed by atoms with Crippen molar-refractivity contribution in [1.29, 1.82) is 0 Å². The van der Waals surface area contributed by atoms with Crippen LogP contribution in [0.1, 0.15) is 0 Å². The minimum absolute atomic E-state index is 0.156. The molecule has 0 aromatic rings. The Balaban J connectivity index is 2.37. The van der Waals surface area contributed by atoms with Crippen LogP contribution in [0.5, 0.6) is 0 Å². The molecule has 1 aliphatic rings. The van der Waals surface area contributed by atoms with E-state index in [0.29, 0.717) is 0 Å². The highest BCUT2D eigenvalue weighted by Gasteiger charge is 2.32. The molecule has 11 heavy (non-hydrogen) atoms. The summed E-state index contributed by atoms with van der Waals surface area (Å²) in [6.07, 6.45) is 1.48. The van der Waals surface area contributed by atoms with E-state index < -0.39 is 7.82 Å². The van der Waals surface area contributed by atoms with Gasteiger partial charge in [0.2, 0.25) is 0 Å². The molecule has 1 rings (SSSR count). The highest BCUT2D eigenvalue weighted by Crippen LogP contribution is 2.65. The van der Waals surface area contributed by atoms with Crippen molar-refractivity contribution in [2.24, 2.45) is 0 Å². The van der Waals surface area contributed by atoms with E-state index in [1.165, 1.54) is 15.9 Å². The largest absolute Gasteiger partial charge is 0.499 e. The topological polar surface area (TPSA) is 44.8 Å². The Hall–Kier alpha value is 0.900. The fourth-order valence-corrected chi connectivity index (χ4v) is 5.49. The summed E-state index contributed by atoms with van der Waals surface area (Å²) in [5, 5.41) is 0. The van der Waals surface area contributed by atoms with Gasteiger partial charge in [-0.3, -0.25) is 4.52 Å². The maximum absolute atomic E-state index is 11.2. The first kappa shape index (κ1) is 9.98. The lowest BCUT2D eigenvalue weighted by molar-refractivity contribution is 0.251. The predicted octanol–water partition coefficient (Wildman–Crippen LogP) is 3.20. The molecule has 0 amide bonds. The van der Waals surface area contributed by atoms with Gasteiger partial charge >= 0.3 is 7.82 Å². The van der Waals surface area contributed by atoms with Crippen LogP contribution in [0, 0.1) is 0 Å². The lowest BCUT2D eigenvalue weighted by Gasteiger charge is -2.16. The summed E-state index contributed by atoms with van der Waals surface area (Å²) in [6.45, 7) is 3.56. The Morgan fingerprint density at radius 2 is 2.18 bits per heavy atom. The average molecular weight is 232 g/mol. The van der Waals surface area contributed by atoms with E-state index in [1.54, 1.807) is 0 Å². The standard InChI is InChI=1S/C3H5O4PS3/c1-2-3-5-8(4)6-9-11-10-7-8/h2H,1,3H2. The van der Waals surface area contributed by atoms with Gasteiger partial charge in [0.1, 0.15) is 0 Å². The third-order valence-electron chi connectivity index (χ3n) is 0.649. The van der Waals surface area contributed by atoms with Crippen LogP contribution in [0.25, 0.3) is 0 Å². The molecular formula is C3H5O4PS3. The van der Waals surface area contributed by atoms with E-state index in [0.717, 1.165) is 22.1 Å². The molecule has 0 spiro atoms. The van der Waals surface area contributed by atoms with Crippen LogP contribution in [-0.2, 0) is 17.0 Å². The molecule has 0 unspecified atom stereocenters. The summed E-state index contributed by atoms with van der Waals surface area (Å²) in [6, 6.07) is 0. The number of hydrogen-bond acceptors (Lipinski definition) is 7. The Kier molecular flexibility index (Phi) is 4.37. The second-order valence-corrected chi connectivity index (χ2v) is 6.59. The quantitative estimate of drug-likeness (QED) is 0.320. The van der Waals surface area contributed by atoms with Crippen molar-refractivity contribution in [3.8, 4) is 0 Å². The van der Waals surface area contributed by atoms with Gasteiger partial charge in [-0.05, 0) is 0 Å². The molecule has 1 fully saturated rings. The molecule has 4 nitrogen and oxygen atoms in total. The lowest BCUT2D eigenvalue weighted by atomic mass is 10.7. The van der Waals surface area contributed by atoms with Crippen LogP contribution in [0.4, 0.5) is 0 Å². The summed E-state index contributed by atoms with van der Waals surface area (Å²) in [5.41, 5.74) is 0. The van der Waals surface area contributed by atoms with E-state index in [1.807, 2.05) is 0 Å². The Morgan fingerprint density at radius 1 is 1.55 bits per heavy atom. The van der Waals surface area contributed by atoms with Gasteiger partial charge in [0.25, 0.3) is 0 Å². The van der Waals surface area contributed by atoms with Gasteiger partial charge in [0.15, 0.2) is 0 Å². The molecule has 8 heteroatoms. The highest BCUT2D eigenvalue weighted by molar-refractivity contribution is 9.08. The van der Waals surface area contributed by atoms with Crippen molar-refractivity contribution in [3.05, 3.63) is 12.7 Å². The number of rotatable bonds is 3. The molecule has 0 saturated carbocycles. The predicted molar refractivity (Wildman–Crippen MR) is 48.7 cm³/mol. The second kappa shape index (κ2) is 4.81. The second-order valence-electron chi connectivity index (χ2n) is 1.38. The molecule has 0 N–H and O–H groups in total. The number of phosphoric acid groups is 1. The fraction of sp³-hybridized carbons (Fsp3) is 0.333. The molecule has 1 heterocycles. The summed E-state index contributed by atoms with van der Waals surface area (Å²) in [7, 11) is -2.05. The third kappa shape index (κ3) is 3.42. The monoisotopic (exact) mass is 232 g/mol. The molecular weight excluding hydrogens is 227 g/mol. The summed E-state index contributed by atoms with van der Waals surface area (Å²) in [4.78, 5) is 0. The van der Waals surface area contributed by atoms with Crippen LogP contribution in [0.15, 0.2) is 12.7 Å². The minimum atomic E-state index is -3.30. The first-order chi connectivity index (χ1) is 5.27. The number of hydrogen-bond donors (Lipinski definition) is 0.